The summed E-state index contributed by atoms with van der Waals surface area (Å²) in [5, 5.41) is 2.26. The first-order chi connectivity index (χ1) is 5.06. The van der Waals surface area contributed by atoms with Gasteiger partial charge < -0.3 is 4.84 Å². The van der Waals surface area contributed by atoms with Crippen molar-refractivity contribution in [2.75, 3.05) is 0 Å². The Morgan fingerprint density at radius 1 is 1.25 bits per heavy atom. The fraction of sp³-hybridized carbons (Fsp3) is 1.00. The van der Waals surface area contributed by atoms with Crippen LogP contribution in [0.15, 0.2) is 5.34 Å². The summed E-state index contributed by atoms with van der Waals surface area (Å²) in [5.74, 6) is 0. The Morgan fingerprint density at radius 3 is 1.50 bits per heavy atom. The molecule has 0 aliphatic rings. The third kappa shape index (κ3) is 51.5. The largest absolute Gasteiger partial charge is 0.358 e. The molecule has 0 fully saturated rings. The van der Waals surface area contributed by atoms with Crippen LogP contribution < -0.4 is 0 Å². The molecule has 0 N–H and O–H groups in total. The van der Waals surface area contributed by atoms with Gasteiger partial charge in [0.15, 0.2) is 5.34 Å². The molecular weight excluding hydrogens is 194 g/mol. The maximum absolute atomic E-state index is 9.35. The monoisotopic (exact) mass is 211 g/mol. The van der Waals surface area contributed by atoms with Gasteiger partial charge in [-0.15, -0.1) is 4.91 Å². The molecule has 0 aromatic heterocycles. The van der Waals surface area contributed by atoms with Gasteiger partial charge in [0.2, 0.25) is 0 Å². The average Bonchev–Trinajstić information content (AvgIpc) is 1.54. The third-order valence-corrected chi connectivity index (χ3v) is 0.311. The lowest BCUT2D eigenvalue weighted by atomic mass is 10.2. The van der Waals surface area contributed by atoms with Gasteiger partial charge in [0, 0.05) is 0 Å². The topological polar surface area (TPSA) is 38.7 Å². The SMILES string of the molecule is CC(C)(C)ON=O.C[Si](C)(C)Cl. The van der Waals surface area contributed by atoms with E-state index in [0.717, 1.165) is 0 Å². The van der Waals surface area contributed by atoms with Crippen LogP contribution in [0, 0.1) is 4.91 Å². The van der Waals surface area contributed by atoms with Crippen molar-refractivity contribution in [3.8, 4) is 0 Å². The van der Waals surface area contributed by atoms with Crippen LogP contribution >= 0.6 is 11.1 Å². The van der Waals surface area contributed by atoms with E-state index in [-0.39, 0.29) is 0 Å². The molecule has 0 aromatic carbocycles. The smallest absolute Gasteiger partial charge is 0.155 e. The van der Waals surface area contributed by atoms with Crippen LogP contribution in [0.5, 0.6) is 0 Å². The van der Waals surface area contributed by atoms with Crippen LogP contribution in [-0.2, 0) is 4.84 Å². The molecule has 74 valence electrons. The molecule has 0 unspecified atom stereocenters. The fourth-order valence-electron chi connectivity index (χ4n) is 0.112. The van der Waals surface area contributed by atoms with Crippen molar-refractivity contribution in [2.45, 2.75) is 46.0 Å². The van der Waals surface area contributed by atoms with Gasteiger partial charge in [-0.1, -0.05) is 19.6 Å². The van der Waals surface area contributed by atoms with Gasteiger partial charge in [0.25, 0.3) is 0 Å². The molecular formula is C7H18ClNO2Si. The van der Waals surface area contributed by atoms with Crippen LogP contribution in [0.25, 0.3) is 0 Å². The molecule has 0 radical (unpaired) electrons. The number of nitrogens with zero attached hydrogens (tertiary/aromatic N) is 1. The van der Waals surface area contributed by atoms with Gasteiger partial charge in [0.1, 0.15) is 13.0 Å². The second kappa shape index (κ2) is 5.53. The van der Waals surface area contributed by atoms with E-state index in [9.17, 15) is 4.91 Å². The maximum atomic E-state index is 9.35. The molecule has 0 aromatic rings. The van der Waals surface area contributed by atoms with E-state index < -0.39 is 13.0 Å². The molecule has 0 saturated heterocycles. The van der Waals surface area contributed by atoms with E-state index in [2.05, 4.69) is 29.8 Å². The van der Waals surface area contributed by atoms with Gasteiger partial charge in [0.05, 0.1) is 0 Å². The van der Waals surface area contributed by atoms with Crippen LogP contribution in [0.4, 0.5) is 0 Å². The number of hydrogen-bond acceptors (Lipinski definition) is 3. The summed E-state index contributed by atoms with van der Waals surface area (Å²) >= 11 is 5.67. The zero-order chi connectivity index (χ0) is 10.4. The summed E-state index contributed by atoms with van der Waals surface area (Å²) in [6, 6.07) is 0. The molecule has 0 rings (SSSR count). The molecule has 0 aliphatic carbocycles. The minimum absolute atomic E-state index is 0.429. The van der Waals surface area contributed by atoms with E-state index in [1.807, 2.05) is 0 Å². The highest BCUT2D eigenvalue weighted by molar-refractivity contribution is 7.18. The minimum Gasteiger partial charge on any atom is -0.358 e. The van der Waals surface area contributed by atoms with Gasteiger partial charge in [-0.2, -0.15) is 11.1 Å². The lowest BCUT2D eigenvalue weighted by molar-refractivity contribution is -0.00229. The van der Waals surface area contributed by atoms with Crippen molar-refractivity contribution in [3.63, 3.8) is 0 Å². The molecule has 12 heavy (non-hydrogen) atoms. The van der Waals surface area contributed by atoms with Crippen molar-refractivity contribution >= 4 is 18.5 Å². The number of rotatable bonds is 1. The Kier molecular flexibility index (Phi) is 6.66. The highest BCUT2D eigenvalue weighted by Gasteiger charge is 2.09. The summed E-state index contributed by atoms with van der Waals surface area (Å²) in [7, 11) is -1.14. The Bertz CT molecular complexity index is 122. The van der Waals surface area contributed by atoms with Gasteiger partial charge in [-0.05, 0) is 20.8 Å². The maximum Gasteiger partial charge on any atom is 0.155 e. The van der Waals surface area contributed by atoms with Crippen molar-refractivity contribution in [1.29, 1.82) is 0 Å². The lowest BCUT2D eigenvalue weighted by Crippen LogP contribution is -2.14. The van der Waals surface area contributed by atoms with Crippen LogP contribution in [0.1, 0.15) is 20.8 Å². The number of hydrogen-bond donors (Lipinski definition) is 0. The Labute approximate surface area is 80.1 Å². The van der Waals surface area contributed by atoms with E-state index in [1.54, 1.807) is 20.8 Å². The Morgan fingerprint density at radius 2 is 1.50 bits per heavy atom. The second-order valence-corrected chi connectivity index (χ2v) is 11.9. The fourth-order valence-corrected chi connectivity index (χ4v) is 0.112. The van der Waals surface area contributed by atoms with Gasteiger partial charge >= 0.3 is 0 Å². The lowest BCUT2D eigenvalue weighted by Gasteiger charge is -2.11. The van der Waals surface area contributed by atoms with Crippen molar-refractivity contribution < 1.29 is 4.84 Å². The van der Waals surface area contributed by atoms with Gasteiger partial charge in [-0.3, -0.25) is 0 Å². The summed E-state index contributed by atoms with van der Waals surface area (Å²) in [4.78, 5) is 13.6. The summed E-state index contributed by atoms with van der Waals surface area (Å²) in [5.41, 5.74) is -0.429. The summed E-state index contributed by atoms with van der Waals surface area (Å²) in [6.45, 7) is 11.6. The quantitative estimate of drug-likeness (QED) is 0.288. The zero-order valence-electron chi connectivity index (χ0n) is 8.64. The molecule has 0 heterocycles. The van der Waals surface area contributed by atoms with E-state index >= 15 is 0 Å². The first-order valence-electron chi connectivity index (χ1n) is 3.76. The highest BCUT2D eigenvalue weighted by Crippen LogP contribution is 2.05. The second-order valence-electron chi connectivity index (χ2n) is 4.35. The van der Waals surface area contributed by atoms with Gasteiger partial charge in [-0.25, -0.2) is 0 Å². The normalized spacial score (nSPS) is 11.2. The molecule has 0 aliphatic heterocycles. The van der Waals surface area contributed by atoms with Crippen molar-refractivity contribution in [1.82, 2.24) is 0 Å². The Hall–Kier alpha value is -0.0931. The standard InChI is InChI=1S/C4H9NO2.C3H9ClSi/c1-4(2,3)7-5-6;1-5(2,3)4/h1-3H3;1-3H3. The van der Waals surface area contributed by atoms with Crippen molar-refractivity contribution in [2.24, 2.45) is 5.34 Å². The zero-order valence-corrected chi connectivity index (χ0v) is 10.4. The van der Waals surface area contributed by atoms with E-state index in [0.29, 0.717) is 0 Å². The Balaban J connectivity index is 0. The summed E-state index contributed by atoms with van der Waals surface area (Å²) < 4.78 is 0. The van der Waals surface area contributed by atoms with Crippen LogP contribution in [-0.4, -0.2) is 13.0 Å². The molecule has 0 bridgehead atoms. The van der Waals surface area contributed by atoms with E-state index in [1.165, 1.54) is 0 Å². The number of halogens is 1. The molecule has 0 amide bonds. The highest BCUT2D eigenvalue weighted by atomic mass is 35.6. The van der Waals surface area contributed by atoms with Crippen LogP contribution in [0.2, 0.25) is 19.6 Å². The summed E-state index contributed by atoms with van der Waals surface area (Å²) in [6.07, 6.45) is 0. The first kappa shape index (κ1) is 14.4. The molecule has 5 heteroatoms. The van der Waals surface area contributed by atoms with Crippen molar-refractivity contribution in [3.05, 3.63) is 4.91 Å². The minimum atomic E-state index is -1.14. The molecule has 0 saturated carbocycles. The molecule has 0 atom stereocenters. The van der Waals surface area contributed by atoms with Crippen LogP contribution in [0.3, 0.4) is 0 Å². The molecule has 3 nitrogen and oxygen atoms in total. The predicted molar refractivity (Wildman–Crippen MR) is 55.8 cm³/mol. The average molecular weight is 212 g/mol. The third-order valence-electron chi connectivity index (χ3n) is 0.311. The first-order valence-corrected chi connectivity index (χ1v) is 8.27. The predicted octanol–water partition coefficient (Wildman–Crippen LogP) is 3.54. The van der Waals surface area contributed by atoms with E-state index in [4.69, 9.17) is 11.1 Å². The molecule has 0 spiro atoms.